The maximum atomic E-state index is 15.5. The second-order valence-corrected chi connectivity index (χ2v) is 25.2. The molecule has 0 unspecified atom stereocenters. The number of carbonyl (C=O) groups excluding carboxylic acids is 7. The molecule has 0 bridgehead atoms. The molecule has 100 heavy (non-hydrogen) atoms. The number of hydrogen-bond acceptors (Lipinski definition) is 12. The van der Waals surface area contributed by atoms with Crippen molar-refractivity contribution in [2.24, 2.45) is 22.9 Å². The Kier molecular flexibility index (Phi) is 24.5. The second kappa shape index (κ2) is 34.3. The van der Waals surface area contributed by atoms with Crippen LogP contribution in [0.4, 0.5) is 0 Å². The molecule has 0 aliphatic carbocycles. The Bertz CT molecular complexity index is 4510. The van der Waals surface area contributed by atoms with E-state index in [1.165, 1.54) is 0 Å². The highest BCUT2D eigenvalue weighted by molar-refractivity contribution is 6.00. The highest BCUT2D eigenvalue weighted by Crippen LogP contribution is 2.25. The molecule has 10 aromatic rings. The molecule has 5 aromatic carbocycles. The van der Waals surface area contributed by atoms with Crippen LogP contribution < -0.4 is 65.5 Å². The van der Waals surface area contributed by atoms with Crippen LogP contribution in [0.1, 0.15) is 79.2 Å². The third-order valence-corrected chi connectivity index (χ3v) is 18.1. The summed E-state index contributed by atoms with van der Waals surface area (Å²) in [5.74, 6) is -6.91. The average molecular weight is 1360 g/mol. The normalized spacial score (nSPS) is 13.9. The number of carboxylic acid groups (broad SMARTS) is 1. The molecule has 0 saturated heterocycles. The fourth-order valence-corrected chi connectivity index (χ4v) is 12.8. The quantitative estimate of drug-likeness (QED) is 0.0149. The summed E-state index contributed by atoms with van der Waals surface area (Å²) in [6.45, 7) is 0.727. The lowest BCUT2D eigenvalue weighted by Gasteiger charge is -2.28. The molecular formula is C73H88N18O9. The van der Waals surface area contributed by atoms with Gasteiger partial charge in [0.1, 0.15) is 42.3 Å². The molecule has 524 valence electrons. The van der Waals surface area contributed by atoms with Gasteiger partial charge in [-0.25, -0.2) is 4.79 Å². The summed E-state index contributed by atoms with van der Waals surface area (Å²) in [5, 5.41) is 44.7. The van der Waals surface area contributed by atoms with Gasteiger partial charge in [0.25, 0.3) is 0 Å². The van der Waals surface area contributed by atoms with Gasteiger partial charge >= 0.3 is 5.97 Å². The number of para-hydroxylation sites is 5. The maximum Gasteiger partial charge on any atom is 0.326 e. The molecular weight excluding hydrogens is 1270 g/mol. The van der Waals surface area contributed by atoms with E-state index >= 15 is 19.2 Å². The van der Waals surface area contributed by atoms with Gasteiger partial charge in [-0.15, -0.1) is 0 Å². The molecule has 8 atom stereocenters. The summed E-state index contributed by atoms with van der Waals surface area (Å²) in [5.41, 5.74) is 31.1. The number of aromatic nitrogens is 5. The fraction of sp³-hybridized carbons (Fsp3) is 0.329. The molecule has 5 heterocycles. The molecule has 10 rings (SSSR count). The number of H-pyrrole nitrogens is 5. The Morgan fingerprint density at radius 1 is 0.360 bits per heavy atom. The Morgan fingerprint density at radius 3 is 0.930 bits per heavy atom. The van der Waals surface area contributed by atoms with Crippen LogP contribution in [-0.2, 0) is 70.5 Å². The largest absolute Gasteiger partial charge is 0.480 e. The van der Waals surface area contributed by atoms with Crippen molar-refractivity contribution in [3.05, 3.63) is 180 Å². The topological polar surface area (TPSA) is 460 Å². The monoisotopic (exact) mass is 1360 g/mol. The Morgan fingerprint density at radius 2 is 0.620 bits per heavy atom. The van der Waals surface area contributed by atoms with E-state index in [1.807, 2.05) is 121 Å². The van der Waals surface area contributed by atoms with E-state index in [1.54, 1.807) is 31.0 Å². The van der Waals surface area contributed by atoms with E-state index in [0.717, 1.165) is 60.1 Å². The van der Waals surface area contributed by atoms with Crippen LogP contribution in [0.15, 0.2) is 152 Å². The van der Waals surface area contributed by atoms with Crippen molar-refractivity contribution in [3.8, 4) is 0 Å². The average Bonchev–Trinajstić information content (AvgIpc) is 1.63. The zero-order valence-electron chi connectivity index (χ0n) is 55.4. The van der Waals surface area contributed by atoms with Gasteiger partial charge in [0.15, 0.2) is 5.96 Å². The van der Waals surface area contributed by atoms with Crippen molar-refractivity contribution >= 4 is 108 Å². The van der Waals surface area contributed by atoms with Gasteiger partial charge < -0.3 is 95.5 Å². The molecule has 27 nitrogen and oxygen atoms in total. The smallest absolute Gasteiger partial charge is 0.326 e. The lowest BCUT2D eigenvalue weighted by atomic mass is 9.99. The summed E-state index contributed by atoms with van der Waals surface area (Å²) in [4.78, 5) is 134. The third kappa shape index (κ3) is 18.5. The first-order valence-electron chi connectivity index (χ1n) is 33.8. The maximum absolute atomic E-state index is 15.5. The number of aliphatic carboxylic acids is 1. The number of amides is 7. The summed E-state index contributed by atoms with van der Waals surface area (Å²) >= 11 is 0. The number of hydrogen-bond donors (Lipinski definition) is 19. The van der Waals surface area contributed by atoms with E-state index in [9.17, 15) is 24.3 Å². The van der Waals surface area contributed by atoms with Crippen molar-refractivity contribution in [2.45, 2.75) is 132 Å². The number of guanidine groups is 1. The molecule has 0 spiro atoms. The van der Waals surface area contributed by atoms with E-state index < -0.39 is 95.7 Å². The molecule has 5 aromatic heterocycles. The van der Waals surface area contributed by atoms with Crippen molar-refractivity contribution in [2.75, 3.05) is 19.6 Å². The van der Waals surface area contributed by atoms with Gasteiger partial charge in [-0.05, 0) is 129 Å². The summed E-state index contributed by atoms with van der Waals surface area (Å²) in [7, 11) is 0. The minimum Gasteiger partial charge on any atom is -0.480 e. The van der Waals surface area contributed by atoms with Gasteiger partial charge in [-0.2, -0.15) is 0 Å². The van der Waals surface area contributed by atoms with Crippen LogP contribution in [0, 0.1) is 5.41 Å². The number of nitrogens with two attached hydrogens (primary N) is 4. The van der Waals surface area contributed by atoms with Crippen LogP contribution in [0.5, 0.6) is 0 Å². The lowest BCUT2D eigenvalue weighted by Crippen LogP contribution is -2.61. The van der Waals surface area contributed by atoms with Crippen LogP contribution in [0.2, 0.25) is 0 Å². The predicted octanol–water partition coefficient (Wildman–Crippen LogP) is 3.93. The van der Waals surface area contributed by atoms with Crippen LogP contribution in [-0.4, -0.2) is 151 Å². The third-order valence-electron chi connectivity index (χ3n) is 18.1. The van der Waals surface area contributed by atoms with E-state index in [4.69, 9.17) is 28.3 Å². The molecule has 0 saturated carbocycles. The van der Waals surface area contributed by atoms with Crippen molar-refractivity contribution in [1.82, 2.24) is 67.5 Å². The van der Waals surface area contributed by atoms with E-state index in [0.29, 0.717) is 54.5 Å². The zero-order valence-corrected chi connectivity index (χ0v) is 55.4. The van der Waals surface area contributed by atoms with E-state index in [2.05, 4.69) is 67.5 Å². The number of aromatic amines is 5. The first-order chi connectivity index (χ1) is 48.4. The number of nitrogens with one attached hydrogen (secondary N) is 14. The Hall–Kier alpha value is -11.3. The molecule has 0 aliphatic heterocycles. The van der Waals surface area contributed by atoms with Crippen molar-refractivity contribution in [3.63, 3.8) is 0 Å². The molecule has 23 N–H and O–H groups in total. The highest BCUT2D eigenvalue weighted by Gasteiger charge is 2.36. The number of rotatable bonds is 37. The SMILES string of the molecule is N=C(N)NCCC[C@H](NC(=O)[C@@H](N)Cc1c[nH]c2ccccc12)C(=O)N[C@@H](Cc1c[nH]c2ccccc12)C(=O)N[C@@H](Cc1c[nH]c2ccccc12)C(=O)N[C@@H](CCCCN)C(=O)N[C@@H](Cc1c[nH]c2ccccc12)C(=O)N[C@@H](Cc1c[nH]c2ccccc12)C(=O)N[C@@H](CCCCN)C(=O)O. The fourth-order valence-electron chi connectivity index (χ4n) is 12.8. The predicted molar refractivity (Wildman–Crippen MR) is 384 cm³/mol. The van der Waals surface area contributed by atoms with Gasteiger partial charge in [0.05, 0.1) is 6.04 Å². The molecule has 0 fully saturated rings. The van der Waals surface area contributed by atoms with Crippen LogP contribution >= 0.6 is 0 Å². The van der Waals surface area contributed by atoms with E-state index in [-0.39, 0.29) is 76.8 Å². The number of benzene rings is 5. The Balaban J connectivity index is 0.950. The Labute approximate surface area is 576 Å². The van der Waals surface area contributed by atoms with Gasteiger partial charge in [0.2, 0.25) is 41.4 Å². The molecule has 0 aliphatic rings. The van der Waals surface area contributed by atoms with Gasteiger partial charge in [-0.3, -0.25) is 39.0 Å². The summed E-state index contributed by atoms with van der Waals surface area (Å²) in [6, 6.07) is 26.4. The van der Waals surface area contributed by atoms with Crippen LogP contribution in [0.3, 0.4) is 0 Å². The first-order valence-corrected chi connectivity index (χ1v) is 33.8. The number of carbonyl (C=O) groups is 8. The van der Waals surface area contributed by atoms with Crippen molar-refractivity contribution < 1.29 is 43.5 Å². The molecule has 27 heteroatoms. The zero-order chi connectivity index (χ0) is 70.7. The standard InChI is InChI=1S/C73H88N18O9/c74-29-13-11-26-58(66(93)88-63(35-45-40-83-56-24-9-4-19-50(45)56)71(98)91-62(34-44-39-82-55-23-8-3-18-49(44)55)69(96)87-60(72(99)100)27-12-14-30-75)86-68(95)61(33-43-38-81-54-22-7-2-17-48(43)54)90-70(97)64(36-46-41-84-57-25-10-5-20-51(46)57)89-67(94)59(28-15-31-79-73(77)78)85-65(92)52(76)32-42-37-80-53-21-6-1-16-47(42)53/h1-10,16-25,37-41,52,58-64,80-84H,11-15,26-36,74-76H2,(H,85,92)(H,86,95)(H,87,96)(H,88,93)(H,89,94)(H,90,97)(H,91,98)(H,99,100)(H4,77,78,79)/t52-,58-,59-,60-,61-,62-,63-,64-/m0/s1. The summed E-state index contributed by atoms with van der Waals surface area (Å²) in [6.07, 6.45) is 10.3. The van der Waals surface area contributed by atoms with Gasteiger partial charge in [-0.1, -0.05) is 91.0 Å². The lowest BCUT2D eigenvalue weighted by molar-refractivity contribution is -0.142. The van der Waals surface area contributed by atoms with Crippen molar-refractivity contribution in [1.29, 1.82) is 5.41 Å². The minimum atomic E-state index is -1.45. The highest BCUT2D eigenvalue weighted by atomic mass is 16.4. The minimum absolute atomic E-state index is 0.00993. The number of carboxylic acids is 1. The first kappa shape index (κ1) is 71.5. The second-order valence-electron chi connectivity index (χ2n) is 25.2. The summed E-state index contributed by atoms with van der Waals surface area (Å²) < 4.78 is 0. The number of fused-ring (bicyclic) bond motifs is 5. The molecule has 0 radical (unpaired) electrons. The number of unbranched alkanes of at least 4 members (excludes halogenated alkanes) is 2. The van der Waals surface area contributed by atoms with Gasteiger partial charge in [0, 0.05) is 118 Å². The molecule has 7 amide bonds. The van der Waals surface area contributed by atoms with Crippen LogP contribution in [0.25, 0.3) is 54.5 Å².